The molecule has 0 atom stereocenters. The van der Waals surface area contributed by atoms with Gasteiger partial charge in [0.2, 0.25) is 0 Å². The van der Waals surface area contributed by atoms with Gasteiger partial charge in [-0.05, 0) is 29.1 Å². The molecule has 0 aliphatic rings. The van der Waals surface area contributed by atoms with Crippen LogP contribution < -0.4 is 0 Å². The Morgan fingerprint density at radius 1 is 1.29 bits per heavy atom. The molecule has 14 heavy (non-hydrogen) atoms. The second-order valence-electron chi connectivity index (χ2n) is 3.00. The Labute approximate surface area is 95.9 Å². The Kier molecular flexibility index (Phi) is 2.98. The Bertz CT molecular complexity index is 464. The molecule has 1 nitrogen and oxygen atoms in total. The van der Waals surface area contributed by atoms with Crippen molar-refractivity contribution in [2.24, 2.45) is 0 Å². The lowest BCUT2D eigenvalue weighted by Gasteiger charge is -1.98. The van der Waals surface area contributed by atoms with Crippen molar-refractivity contribution in [1.82, 2.24) is 0 Å². The third kappa shape index (κ3) is 1.75. The zero-order valence-electron chi connectivity index (χ0n) is 7.26. The molecule has 0 fully saturated rings. The predicted octanol–water partition coefficient (Wildman–Crippen LogP) is 3.79. The van der Waals surface area contributed by atoms with Crippen LogP contribution in [0.15, 0.2) is 18.2 Å². The van der Waals surface area contributed by atoms with E-state index in [0.29, 0.717) is 10.9 Å². The van der Waals surface area contributed by atoms with Gasteiger partial charge in [-0.15, -0.1) is 22.9 Å². The van der Waals surface area contributed by atoms with Crippen LogP contribution >= 0.6 is 34.5 Å². The van der Waals surface area contributed by atoms with Crippen LogP contribution in [0.1, 0.15) is 10.4 Å². The summed E-state index contributed by atoms with van der Waals surface area (Å²) in [6, 6.07) is 5.74. The summed E-state index contributed by atoms with van der Waals surface area (Å²) in [5.41, 5.74) is 0.835. The van der Waals surface area contributed by atoms with Crippen molar-refractivity contribution >= 4 is 44.6 Å². The van der Waals surface area contributed by atoms with Crippen molar-refractivity contribution in [2.75, 3.05) is 0 Å². The van der Waals surface area contributed by atoms with Crippen LogP contribution in [0.4, 0.5) is 0 Å². The largest absolute Gasteiger partial charge is 0.392 e. The summed E-state index contributed by atoms with van der Waals surface area (Å²) in [5.74, 6) is 0.504. The highest BCUT2D eigenvalue weighted by molar-refractivity contribution is 7.19. The van der Waals surface area contributed by atoms with Crippen LogP contribution in [0, 0.1) is 0 Å². The average Bonchev–Trinajstić information content (AvgIpc) is 2.61. The fourth-order valence-corrected chi connectivity index (χ4v) is 2.88. The van der Waals surface area contributed by atoms with Gasteiger partial charge in [-0.3, -0.25) is 0 Å². The first-order valence-corrected chi connectivity index (χ1v) is 5.85. The number of aliphatic hydroxyl groups is 1. The summed E-state index contributed by atoms with van der Waals surface area (Å²) in [7, 11) is 0. The van der Waals surface area contributed by atoms with Gasteiger partial charge in [0.25, 0.3) is 0 Å². The lowest BCUT2D eigenvalue weighted by molar-refractivity contribution is 0.282. The molecule has 1 N–H and O–H groups in total. The van der Waals surface area contributed by atoms with E-state index < -0.39 is 0 Å². The maximum atomic E-state index is 9.00. The van der Waals surface area contributed by atoms with E-state index in [0.717, 1.165) is 20.5 Å². The van der Waals surface area contributed by atoms with Gasteiger partial charge < -0.3 is 5.11 Å². The highest BCUT2D eigenvalue weighted by Gasteiger charge is 2.06. The smallest absolute Gasteiger partial charge is 0.0682 e. The zero-order valence-corrected chi connectivity index (χ0v) is 9.59. The molecule has 4 heteroatoms. The number of fused-ring (bicyclic) bond motifs is 1. The van der Waals surface area contributed by atoms with Gasteiger partial charge >= 0.3 is 0 Å². The van der Waals surface area contributed by atoms with Crippen LogP contribution in [0.3, 0.4) is 0 Å². The second kappa shape index (κ2) is 4.07. The van der Waals surface area contributed by atoms with Crippen molar-refractivity contribution in [3.8, 4) is 0 Å². The van der Waals surface area contributed by atoms with E-state index in [9.17, 15) is 0 Å². The van der Waals surface area contributed by atoms with Crippen molar-refractivity contribution in [1.29, 1.82) is 0 Å². The SMILES string of the molecule is OCc1cc(Cl)c2sc(CCl)cc2c1. The van der Waals surface area contributed by atoms with E-state index >= 15 is 0 Å². The maximum absolute atomic E-state index is 9.00. The summed E-state index contributed by atoms with van der Waals surface area (Å²) in [6.07, 6.45) is 0. The number of halogens is 2. The van der Waals surface area contributed by atoms with Gasteiger partial charge in [-0.2, -0.15) is 0 Å². The Hall–Kier alpha value is -0.280. The number of alkyl halides is 1. The summed E-state index contributed by atoms with van der Waals surface area (Å²) < 4.78 is 1.04. The van der Waals surface area contributed by atoms with Crippen LogP contribution in [-0.2, 0) is 12.5 Å². The highest BCUT2D eigenvalue weighted by Crippen LogP contribution is 2.33. The molecule has 0 aliphatic carbocycles. The van der Waals surface area contributed by atoms with Gasteiger partial charge in [-0.1, -0.05) is 11.6 Å². The van der Waals surface area contributed by atoms with E-state index in [1.54, 1.807) is 17.4 Å². The number of rotatable bonds is 2. The third-order valence-corrected chi connectivity index (χ3v) is 4.04. The van der Waals surface area contributed by atoms with Crippen LogP contribution in [0.5, 0.6) is 0 Å². The molecule has 1 heterocycles. The molecule has 1 aromatic carbocycles. The van der Waals surface area contributed by atoms with E-state index in [1.165, 1.54) is 0 Å². The number of hydrogen-bond donors (Lipinski definition) is 1. The second-order valence-corrected chi connectivity index (χ2v) is 4.81. The molecule has 0 aliphatic heterocycles. The van der Waals surface area contributed by atoms with Gasteiger partial charge in [0, 0.05) is 4.88 Å². The molecule has 0 spiro atoms. The summed E-state index contributed by atoms with van der Waals surface area (Å²) in [5, 5.41) is 10.7. The first kappa shape index (κ1) is 10.2. The van der Waals surface area contributed by atoms with Gasteiger partial charge in [0.05, 0.1) is 22.2 Å². The number of thiophene rings is 1. The third-order valence-electron chi connectivity index (χ3n) is 2.00. The van der Waals surface area contributed by atoms with Crippen molar-refractivity contribution < 1.29 is 5.11 Å². The van der Waals surface area contributed by atoms with E-state index in [4.69, 9.17) is 28.3 Å². The number of aliphatic hydroxyl groups excluding tert-OH is 1. The molecule has 0 unspecified atom stereocenters. The first-order valence-electron chi connectivity index (χ1n) is 4.12. The van der Waals surface area contributed by atoms with E-state index in [-0.39, 0.29) is 6.61 Å². The van der Waals surface area contributed by atoms with Crippen molar-refractivity contribution in [2.45, 2.75) is 12.5 Å². The molecule has 0 saturated heterocycles. The van der Waals surface area contributed by atoms with Crippen LogP contribution in [0.25, 0.3) is 10.1 Å². The minimum Gasteiger partial charge on any atom is -0.392 e. The topological polar surface area (TPSA) is 20.2 Å². The lowest BCUT2D eigenvalue weighted by Crippen LogP contribution is -1.81. The zero-order chi connectivity index (χ0) is 10.1. The standard InChI is InChI=1S/C10H8Cl2OS/c11-4-8-3-7-1-6(5-13)2-9(12)10(7)14-8/h1-3,13H,4-5H2. The fraction of sp³-hybridized carbons (Fsp3) is 0.200. The molecule has 0 amide bonds. The lowest BCUT2D eigenvalue weighted by atomic mass is 10.2. The molecule has 0 bridgehead atoms. The summed E-state index contributed by atoms with van der Waals surface area (Å²) >= 11 is 13.4. The predicted molar refractivity (Wildman–Crippen MR) is 62.3 cm³/mol. The Balaban J connectivity index is 2.67. The Morgan fingerprint density at radius 2 is 2.07 bits per heavy atom. The van der Waals surface area contributed by atoms with Crippen molar-refractivity contribution in [3.05, 3.63) is 33.7 Å². The quantitative estimate of drug-likeness (QED) is 0.800. The van der Waals surface area contributed by atoms with Crippen LogP contribution in [0.2, 0.25) is 5.02 Å². The fourth-order valence-electron chi connectivity index (χ4n) is 1.38. The molecule has 0 radical (unpaired) electrons. The number of hydrogen-bond acceptors (Lipinski definition) is 2. The molecular formula is C10H8Cl2OS. The van der Waals surface area contributed by atoms with Gasteiger partial charge in [0.15, 0.2) is 0 Å². The normalized spacial score (nSPS) is 11.1. The average molecular weight is 247 g/mol. The first-order chi connectivity index (χ1) is 6.74. The highest BCUT2D eigenvalue weighted by atomic mass is 35.5. The Morgan fingerprint density at radius 3 is 2.71 bits per heavy atom. The molecule has 74 valence electrons. The molecule has 1 aromatic heterocycles. The van der Waals surface area contributed by atoms with E-state index in [1.807, 2.05) is 12.1 Å². The minimum absolute atomic E-state index is 0.0156. The van der Waals surface area contributed by atoms with Crippen LogP contribution in [-0.4, -0.2) is 5.11 Å². The van der Waals surface area contributed by atoms with Crippen molar-refractivity contribution in [3.63, 3.8) is 0 Å². The number of benzene rings is 1. The summed E-state index contributed by atoms with van der Waals surface area (Å²) in [6.45, 7) is 0.0156. The molecule has 2 rings (SSSR count). The molecule has 2 aromatic rings. The minimum atomic E-state index is 0.0156. The molecular weight excluding hydrogens is 239 g/mol. The molecule has 0 saturated carbocycles. The van der Waals surface area contributed by atoms with Gasteiger partial charge in [0.1, 0.15) is 0 Å². The maximum Gasteiger partial charge on any atom is 0.0682 e. The van der Waals surface area contributed by atoms with Gasteiger partial charge in [-0.25, -0.2) is 0 Å². The van der Waals surface area contributed by atoms with E-state index in [2.05, 4.69) is 0 Å². The monoisotopic (exact) mass is 246 g/mol. The summed E-state index contributed by atoms with van der Waals surface area (Å²) in [4.78, 5) is 1.10.